The molecule has 0 bridgehead atoms. The van der Waals surface area contributed by atoms with E-state index >= 15 is 0 Å². The number of rotatable bonds is 3. The predicted molar refractivity (Wildman–Crippen MR) is 92.5 cm³/mol. The highest BCUT2D eigenvalue weighted by molar-refractivity contribution is 5.98. The number of hydrogen-bond acceptors (Lipinski definition) is 2. The predicted octanol–water partition coefficient (Wildman–Crippen LogP) is 3.20. The molecule has 3 aliphatic rings. The number of fused-ring (bicyclic) bond motifs is 4. The third kappa shape index (κ3) is 2.35. The molecule has 5 unspecified atom stereocenters. The van der Waals surface area contributed by atoms with Crippen LogP contribution in [0.1, 0.15) is 77.1 Å². The molecule has 4 nitrogen and oxygen atoms in total. The van der Waals surface area contributed by atoms with Crippen LogP contribution < -0.4 is 11.5 Å². The second kappa shape index (κ2) is 5.91. The van der Waals surface area contributed by atoms with Crippen molar-refractivity contribution in [3.8, 4) is 0 Å². The normalized spacial score (nSPS) is 34.6. The molecule has 4 rings (SSSR count). The lowest BCUT2D eigenvalue weighted by Crippen LogP contribution is -2.52. The first-order valence-corrected chi connectivity index (χ1v) is 9.31. The highest BCUT2D eigenvalue weighted by Crippen LogP contribution is 2.63. The Bertz CT molecular complexity index is 674. The van der Waals surface area contributed by atoms with Crippen LogP contribution in [0.3, 0.4) is 0 Å². The van der Waals surface area contributed by atoms with Crippen LogP contribution in [-0.4, -0.2) is 11.8 Å². The third-order valence-corrected chi connectivity index (χ3v) is 6.93. The Morgan fingerprint density at radius 2 is 1.50 bits per heavy atom. The molecule has 128 valence electrons. The first-order chi connectivity index (χ1) is 11.6. The highest BCUT2D eigenvalue weighted by atomic mass is 16.1. The van der Waals surface area contributed by atoms with Gasteiger partial charge in [0.1, 0.15) is 0 Å². The summed E-state index contributed by atoms with van der Waals surface area (Å²) in [6.45, 7) is 0. The maximum absolute atomic E-state index is 11.9. The van der Waals surface area contributed by atoms with Crippen molar-refractivity contribution in [3.63, 3.8) is 0 Å². The Hall–Kier alpha value is -1.84. The Balaban J connectivity index is 1.72. The van der Waals surface area contributed by atoms with Gasteiger partial charge in [-0.05, 0) is 79.0 Å². The molecule has 3 aliphatic carbocycles. The second-order valence-electron chi connectivity index (χ2n) is 7.92. The molecular weight excluding hydrogens is 300 g/mol. The van der Waals surface area contributed by atoms with Gasteiger partial charge in [-0.2, -0.15) is 0 Å². The van der Waals surface area contributed by atoms with Gasteiger partial charge in [0, 0.05) is 11.1 Å². The number of benzene rings is 1. The Morgan fingerprint density at radius 1 is 0.833 bits per heavy atom. The fourth-order valence-corrected chi connectivity index (χ4v) is 6.03. The minimum Gasteiger partial charge on any atom is -0.366 e. The molecule has 0 heterocycles. The Labute approximate surface area is 143 Å². The fourth-order valence-electron chi connectivity index (χ4n) is 6.03. The van der Waals surface area contributed by atoms with Crippen molar-refractivity contribution in [1.82, 2.24) is 0 Å². The van der Waals surface area contributed by atoms with Crippen LogP contribution in [0.2, 0.25) is 0 Å². The van der Waals surface area contributed by atoms with E-state index in [1.165, 1.54) is 38.5 Å². The monoisotopic (exact) mass is 326 g/mol. The molecular formula is C20H26N2O2. The Morgan fingerprint density at radius 3 is 2.17 bits per heavy atom. The van der Waals surface area contributed by atoms with Crippen LogP contribution in [0.15, 0.2) is 18.2 Å². The SMILES string of the molecule is NC(=O)c1ccc(C(N)=O)c(C2CCCC3C4CCCCC4C23)c1. The lowest BCUT2D eigenvalue weighted by molar-refractivity contribution is -0.0908. The minimum absolute atomic E-state index is 0.352. The first kappa shape index (κ1) is 15.7. The topological polar surface area (TPSA) is 86.2 Å². The van der Waals surface area contributed by atoms with E-state index in [-0.39, 0.29) is 0 Å². The molecule has 0 spiro atoms. The molecule has 24 heavy (non-hydrogen) atoms. The van der Waals surface area contributed by atoms with E-state index in [0.717, 1.165) is 29.7 Å². The molecule has 0 aliphatic heterocycles. The number of amides is 2. The lowest BCUT2D eigenvalue weighted by atomic mass is 9.44. The number of primary amides is 2. The van der Waals surface area contributed by atoms with Crippen molar-refractivity contribution >= 4 is 11.8 Å². The molecule has 3 saturated carbocycles. The van der Waals surface area contributed by atoms with Gasteiger partial charge in [0.25, 0.3) is 0 Å². The summed E-state index contributed by atoms with van der Waals surface area (Å²) in [5.74, 6) is 2.66. The van der Waals surface area contributed by atoms with Gasteiger partial charge in [-0.15, -0.1) is 0 Å². The van der Waals surface area contributed by atoms with Gasteiger partial charge in [0.2, 0.25) is 11.8 Å². The fraction of sp³-hybridized carbons (Fsp3) is 0.600. The van der Waals surface area contributed by atoms with Crippen LogP contribution in [0.4, 0.5) is 0 Å². The summed E-state index contributed by atoms with van der Waals surface area (Å²) in [5, 5.41) is 0. The Kier molecular flexibility index (Phi) is 3.86. The maximum atomic E-state index is 11.9. The molecule has 2 amide bonds. The average molecular weight is 326 g/mol. The first-order valence-electron chi connectivity index (χ1n) is 9.31. The molecule has 4 heteroatoms. The molecule has 0 aromatic heterocycles. The molecule has 1 aromatic carbocycles. The van der Waals surface area contributed by atoms with Gasteiger partial charge >= 0.3 is 0 Å². The summed E-state index contributed by atoms with van der Waals surface area (Å²) in [6, 6.07) is 5.15. The van der Waals surface area contributed by atoms with Crippen molar-refractivity contribution < 1.29 is 9.59 Å². The van der Waals surface area contributed by atoms with Gasteiger partial charge in [0.05, 0.1) is 0 Å². The van der Waals surface area contributed by atoms with Crippen LogP contribution >= 0.6 is 0 Å². The summed E-state index contributed by atoms with van der Waals surface area (Å²) in [7, 11) is 0. The molecule has 0 radical (unpaired) electrons. The minimum atomic E-state index is -0.441. The maximum Gasteiger partial charge on any atom is 0.248 e. The molecule has 3 fully saturated rings. The van der Waals surface area contributed by atoms with Crippen molar-refractivity contribution in [3.05, 3.63) is 34.9 Å². The van der Waals surface area contributed by atoms with Gasteiger partial charge in [-0.25, -0.2) is 0 Å². The zero-order valence-electron chi connectivity index (χ0n) is 14.0. The van der Waals surface area contributed by atoms with Crippen molar-refractivity contribution in [2.24, 2.45) is 35.1 Å². The highest BCUT2D eigenvalue weighted by Gasteiger charge is 2.54. The van der Waals surface area contributed by atoms with E-state index in [1.54, 1.807) is 12.1 Å². The number of nitrogens with two attached hydrogens (primary N) is 2. The van der Waals surface area contributed by atoms with Crippen molar-refractivity contribution in [1.29, 1.82) is 0 Å². The zero-order chi connectivity index (χ0) is 16.8. The smallest absolute Gasteiger partial charge is 0.248 e. The van der Waals surface area contributed by atoms with E-state index in [2.05, 4.69) is 0 Å². The second-order valence-corrected chi connectivity index (χ2v) is 7.92. The summed E-state index contributed by atoms with van der Waals surface area (Å²) >= 11 is 0. The summed E-state index contributed by atoms with van der Waals surface area (Å²) < 4.78 is 0. The number of hydrogen-bond donors (Lipinski definition) is 2. The van der Waals surface area contributed by atoms with Crippen molar-refractivity contribution in [2.75, 3.05) is 0 Å². The van der Waals surface area contributed by atoms with Gasteiger partial charge < -0.3 is 11.5 Å². The van der Waals surface area contributed by atoms with E-state index < -0.39 is 11.8 Å². The van der Waals surface area contributed by atoms with Crippen LogP contribution in [0.5, 0.6) is 0 Å². The van der Waals surface area contributed by atoms with E-state index in [0.29, 0.717) is 23.0 Å². The summed E-state index contributed by atoms with van der Waals surface area (Å²) in [5.41, 5.74) is 13.1. The third-order valence-electron chi connectivity index (χ3n) is 6.93. The molecule has 4 N–H and O–H groups in total. The van der Waals surface area contributed by atoms with Gasteiger partial charge in [-0.1, -0.05) is 19.3 Å². The quantitative estimate of drug-likeness (QED) is 0.893. The van der Waals surface area contributed by atoms with Gasteiger partial charge in [0.15, 0.2) is 0 Å². The number of carbonyl (C=O) groups excluding carboxylic acids is 2. The lowest BCUT2D eigenvalue weighted by Gasteiger charge is -2.60. The summed E-state index contributed by atoms with van der Waals surface area (Å²) in [6.07, 6.45) is 9.02. The summed E-state index contributed by atoms with van der Waals surface area (Å²) in [4.78, 5) is 23.6. The van der Waals surface area contributed by atoms with E-state index in [4.69, 9.17) is 11.5 Å². The zero-order valence-corrected chi connectivity index (χ0v) is 14.0. The molecule has 1 aromatic rings. The van der Waals surface area contributed by atoms with Crippen LogP contribution in [-0.2, 0) is 0 Å². The molecule has 5 atom stereocenters. The van der Waals surface area contributed by atoms with Crippen molar-refractivity contribution in [2.45, 2.75) is 50.9 Å². The van der Waals surface area contributed by atoms with Crippen LogP contribution in [0.25, 0.3) is 0 Å². The molecule has 0 saturated heterocycles. The van der Waals surface area contributed by atoms with E-state index in [1.807, 2.05) is 6.07 Å². The average Bonchev–Trinajstić information content (AvgIpc) is 2.58. The van der Waals surface area contributed by atoms with Gasteiger partial charge in [-0.3, -0.25) is 9.59 Å². The van der Waals surface area contributed by atoms with Crippen LogP contribution in [0, 0.1) is 23.7 Å². The van der Waals surface area contributed by atoms with E-state index in [9.17, 15) is 9.59 Å². The largest absolute Gasteiger partial charge is 0.366 e. The number of carbonyl (C=O) groups is 2. The standard InChI is InChI=1S/C20H26N2O2/c21-19(23)11-8-9-16(20(22)24)17(10-11)15-7-3-6-14-12-4-1-2-5-13(12)18(14)15/h8-10,12-15,18H,1-7H2,(H2,21,23)(H2,22,24).